The van der Waals surface area contributed by atoms with E-state index in [-0.39, 0.29) is 23.3 Å². The van der Waals surface area contributed by atoms with E-state index in [0.29, 0.717) is 35.4 Å². The predicted molar refractivity (Wildman–Crippen MR) is 110 cm³/mol. The number of pyridine rings is 1. The summed E-state index contributed by atoms with van der Waals surface area (Å²) in [6.07, 6.45) is 1.45. The Kier molecular flexibility index (Phi) is 4.92. The van der Waals surface area contributed by atoms with Gasteiger partial charge in [-0.1, -0.05) is 18.2 Å². The highest BCUT2D eigenvalue weighted by Gasteiger charge is 2.30. The van der Waals surface area contributed by atoms with E-state index in [1.165, 1.54) is 4.68 Å². The average Bonchev–Trinajstić information content (AvgIpc) is 3.01. The first-order valence-electron chi connectivity index (χ1n) is 9.65. The maximum absolute atomic E-state index is 13.3. The number of aryl methyl sites for hydroxylation is 2. The van der Waals surface area contributed by atoms with Crippen LogP contribution >= 0.6 is 0 Å². The van der Waals surface area contributed by atoms with E-state index in [1.54, 1.807) is 24.9 Å². The van der Waals surface area contributed by atoms with Crippen molar-refractivity contribution < 1.29 is 9.59 Å². The van der Waals surface area contributed by atoms with E-state index in [9.17, 15) is 14.4 Å². The van der Waals surface area contributed by atoms with E-state index in [2.05, 4.69) is 15.4 Å². The largest absolute Gasteiger partial charge is 0.338 e. The predicted octanol–water partition coefficient (Wildman–Crippen LogP) is 2.06. The van der Waals surface area contributed by atoms with Crippen molar-refractivity contribution in [3.63, 3.8) is 0 Å². The first-order valence-corrected chi connectivity index (χ1v) is 9.65. The number of H-pyrrole nitrogens is 1. The van der Waals surface area contributed by atoms with E-state index in [4.69, 9.17) is 0 Å². The number of nitrogens with one attached hydrogen (secondary N) is 2. The van der Waals surface area contributed by atoms with Crippen LogP contribution in [0, 0.1) is 12.8 Å². The number of amides is 2. The highest BCUT2D eigenvalue weighted by molar-refractivity contribution is 6.05. The number of fused-ring (bicyclic) bond motifs is 1. The molecule has 1 atom stereocenters. The third kappa shape index (κ3) is 3.65. The van der Waals surface area contributed by atoms with E-state index >= 15 is 0 Å². The van der Waals surface area contributed by atoms with Crippen molar-refractivity contribution in [3.05, 3.63) is 58.0 Å². The van der Waals surface area contributed by atoms with E-state index < -0.39 is 0 Å². The Balaban J connectivity index is 1.57. The van der Waals surface area contributed by atoms with Gasteiger partial charge in [0.15, 0.2) is 5.65 Å². The van der Waals surface area contributed by atoms with Gasteiger partial charge in [0.2, 0.25) is 5.91 Å². The second-order valence-electron chi connectivity index (χ2n) is 7.46. The van der Waals surface area contributed by atoms with Crippen LogP contribution in [0.4, 0.5) is 5.69 Å². The first-order chi connectivity index (χ1) is 13.9. The second-order valence-corrected chi connectivity index (χ2v) is 7.46. The number of likely N-dealkylation sites (tertiary alicyclic amines) is 1. The summed E-state index contributed by atoms with van der Waals surface area (Å²) in [5, 5.41) is 5.87. The zero-order valence-corrected chi connectivity index (χ0v) is 16.4. The molecule has 0 aliphatic carbocycles. The molecule has 1 aliphatic rings. The summed E-state index contributed by atoms with van der Waals surface area (Å²) in [4.78, 5) is 44.3. The number of anilines is 1. The van der Waals surface area contributed by atoms with Crippen LogP contribution in [0.1, 0.15) is 28.9 Å². The third-order valence-corrected chi connectivity index (χ3v) is 5.29. The van der Waals surface area contributed by atoms with Gasteiger partial charge in [0.25, 0.3) is 11.5 Å². The molecule has 8 heteroatoms. The number of aromatic amines is 1. The van der Waals surface area contributed by atoms with Gasteiger partial charge in [0, 0.05) is 31.5 Å². The van der Waals surface area contributed by atoms with Gasteiger partial charge in [0.05, 0.1) is 16.9 Å². The Morgan fingerprint density at radius 2 is 2.00 bits per heavy atom. The standard InChI is InChI=1S/C21H23N5O3/c1-13-11-16(17-18(22-13)25(2)24-20(17)28)21(29)26-10-6-7-14(12-26)19(27)23-15-8-4-3-5-9-15/h3-5,8-9,11,14H,6-7,10,12H2,1-2H3,(H,23,27)(H,24,28). The molecule has 8 nitrogen and oxygen atoms in total. The molecule has 1 saturated heterocycles. The Labute approximate surface area is 167 Å². The molecule has 1 unspecified atom stereocenters. The molecule has 150 valence electrons. The topological polar surface area (TPSA) is 100 Å². The molecule has 29 heavy (non-hydrogen) atoms. The van der Waals surface area contributed by atoms with Gasteiger partial charge in [0.1, 0.15) is 0 Å². The summed E-state index contributed by atoms with van der Waals surface area (Å²) in [5.41, 5.74) is 1.84. The summed E-state index contributed by atoms with van der Waals surface area (Å²) in [5.74, 6) is -0.628. The number of carbonyl (C=O) groups is 2. The number of nitrogens with zero attached hydrogens (tertiary/aromatic N) is 3. The van der Waals surface area contributed by atoms with Gasteiger partial charge in [-0.3, -0.25) is 24.2 Å². The lowest BCUT2D eigenvalue weighted by molar-refractivity contribution is -0.121. The summed E-state index contributed by atoms with van der Waals surface area (Å²) < 4.78 is 1.52. The van der Waals surface area contributed by atoms with Crippen LogP contribution in [-0.4, -0.2) is 44.6 Å². The average molecular weight is 393 g/mol. The van der Waals surface area contributed by atoms with Crippen molar-refractivity contribution in [2.75, 3.05) is 18.4 Å². The molecule has 1 aliphatic heterocycles. The monoisotopic (exact) mass is 393 g/mol. The number of rotatable bonds is 3. The molecular weight excluding hydrogens is 370 g/mol. The van der Waals surface area contributed by atoms with Crippen molar-refractivity contribution in [1.82, 2.24) is 19.7 Å². The zero-order chi connectivity index (χ0) is 20.5. The molecule has 1 aromatic carbocycles. The Bertz CT molecular complexity index is 1130. The van der Waals surface area contributed by atoms with Crippen LogP contribution in [0.3, 0.4) is 0 Å². The van der Waals surface area contributed by atoms with Crippen LogP contribution in [0.2, 0.25) is 0 Å². The molecule has 3 aromatic rings. The lowest BCUT2D eigenvalue weighted by atomic mass is 9.96. The van der Waals surface area contributed by atoms with Crippen LogP contribution in [0.15, 0.2) is 41.2 Å². The quantitative estimate of drug-likeness (QED) is 0.711. The normalized spacial score (nSPS) is 16.8. The van der Waals surface area contributed by atoms with E-state index in [0.717, 1.165) is 18.5 Å². The summed E-state index contributed by atoms with van der Waals surface area (Å²) >= 11 is 0. The van der Waals surface area contributed by atoms with Crippen molar-refractivity contribution in [1.29, 1.82) is 0 Å². The van der Waals surface area contributed by atoms with Crippen molar-refractivity contribution in [2.45, 2.75) is 19.8 Å². The molecule has 3 heterocycles. The van der Waals surface area contributed by atoms with Crippen LogP contribution in [-0.2, 0) is 11.8 Å². The Hall–Kier alpha value is -3.42. The second kappa shape index (κ2) is 7.54. The maximum Gasteiger partial charge on any atom is 0.274 e. The minimum atomic E-state index is -0.339. The third-order valence-electron chi connectivity index (χ3n) is 5.29. The number of para-hydroxylation sites is 1. The summed E-state index contributed by atoms with van der Waals surface area (Å²) in [6, 6.07) is 10.9. The molecule has 0 radical (unpaired) electrons. The van der Waals surface area contributed by atoms with Gasteiger partial charge in [-0.05, 0) is 38.0 Å². The van der Waals surface area contributed by atoms with Crippen LogP contribution in [0.5, 0.6) is 0 Å². The number of benzene rings is 1. The van der Waals surface area contributed by atoms with Crippen LogP contribution in [0.25, 0.3) is 11.0 Å². The molecule has 4 rings (SSSR count). The number of hydrogen-bond donors (Lipinski definition) is 2. The molecule has 0 bridgehead atoms. The molecule has 2 aromatic heterocycles. The van der Waals surface area contributed by atoms with Gasteiger partial charge in [-0.15, -0.1) is 0 Å². The highest BCUT2D eigenvalue weighted by atomic mass is 16.2. The fraction of sp³-hybridized carbons (Fsp3) is 0.333. The minimum absolute atomic E-state index is 0.0951. The van der Waals surface area contributed by atoms with Crippen molar-refractivity contribution >= 4 is 28.5 Å². The van der Waals surface area contributed by atoms with Crippen molar-refractivity contribution in [2.24, 2.45) is 13.0 Å². The van der Waals surface area contributed by atoms with Gasteiger partial charge in [-0.2, -0.15) is 0 Å². The smallest absolute Gasteiger partial charge is 0.274 e. The SMILES string of the molecule is Cc1cc(C(=O)N2CCCC(C(=O)Nc3ccccc3)C2)c2c(=O)[nH]n(C)c2n1. The summed E-state index contributed by atoms with van der Waals surface area (Å²) in [6.45, 7) is 2.67. The number of carbonyl (C=O) groups excluding carboxylic acids is 2. The number of piperidine rings is 1. The fourth-order valence-corrected chi connectivity index (χ4v) is 3.86. The lowest BCUT2D eigenvalue weighted by Gasteiger charge is -2.32. The molecule has 1 fully saturated rings. The maximum atomic E-state index is 13.3. The zero-order valence-electron chi connectivity index (χ0n) is 16.4. The molecule has 2 amide bonds. The molecule has 2 N–H and O–H groups in total. The number of hydrogen-bond acceptors (Lipinski definition) is 4. The number of aromatic nitrogens is 3. The van der Waals surface area contributed by atoms with Gasteiger partial charge >= 0.3 is 0 Å². The van der Waals surface area contributed by atoms with Gasteiger partial charge in [-0.25, -0.2) is 4.98 Å². The lowest BCUT2D eigenvalue weighted by Crippen LogP contribution is -2.44. The van der Waals surface area contributed by atoms with Crippen molar-refractivity contribution in [3.8, 4) is 0 Å². The molecule has 0 saturated carbocycles. The van der Waals surface area contributed by atoms with E-state index in [1.807, 2.05) is 30.3 Å². The molecular formula is C21H23N5O3. The fourth-order valence-electron chi connectivity index (χ4n) is 3.86. The summed E-state index contributed by atoms with van der Waals surface area (Å²) in [7, 11) is 1.69. The first kappa shape index (κ1) is 18.9. The Morgan fingerprint density at radius 1 is 1.24 bits per heavy atom. The Morgan fingerprint density at radius 3 is 2.76 bits per heavy atom. The van der Waals surface area contributed by atoms with Crippen LogP contribution < -0.4 is 10.9 Å². The molecule has 0 spiro atoms. The minimum Gasteiger partial charge on any atom is -0.338 e. The highest BCUT2D eigenvalue weighted by Crippen LogP contribution is 2.23. The van der Waals surface area contributed by atoms with Gasteiger partial charge < -0.3 is 10.2 Å².